The van der Waals surface area contributed by atoms with Gasteiger partial charge in [-0.05, 0) is 49.7 Å². The predicted octanol–water partition coefficient (Wildman–Crippen LogP) is 4.31. The largest absolute Gasteiger partial charge is 0.494 e. The lowest BCUT2D eigenvalue weighted by Crippen LogP contribution is -2.17. The minimum atomic E-state index is -0.274. The first-order valence-electron chi connectivity index (χ1n) is 8.31. The number of carbonyl (C=O) groups is 1. The number of nitrogens with zero attached hydrogens (tertiary/aromatic N) is 1. The topological polar surface area (TPSA) is 63.8 Å². The van der Waals surface area contributed by atoms with Gasteiger partial charge in [-0.2, -0.15) is 5.10 Å². The van der Waals surface area contributed by atoms with E-state index < -0.39 is 0 Å². The third-order valence-electron chi connectivity index (χ3n) is 3.50. The van der Waals surface area contributed by atoms with Gasteiger partial charge in [-0.1, -0.05) is 26.2 Å². The van der Waals surface area contributed by atoms with Gasteiger partial charge in [0.2, 0.25) is 0 Å². The van der Waals surface area contributed by atoms with Gasteiger partial charge in [0, 0.05) is 5.56 Å². The van der Waals surface area contributed by atoms with Crippen LogP contribution in [0.4, 0.5) is 0 Å². The van der Waals surface area contributed by atoms with E-state index in [1.54, 1.807) is 30.3 Å². The van der Waals surface area contributed by atoms with Crippen molar-refractivity contribution in [2.75, 3.05) is 6.61 Å². The van der Waals surface area contributed by atoms with Crippen LogP contribution in [0.1, 0.15) is 54.5 Å². The number of hydrogen-bond donors (Lipinski definition) is 1. The summed E-state index contributed by atoms with van der Waals surface area (Å²) in [6.07, 6.45) is 6.16. The molecule has 0 aliphatic heterocycles. The Morgan fingerprint density at radius 1 is 1.17 bits per heavy atom. The molecule has 0 radical (unpaired) electrons. The summed E-state index contributed by atoms with van der Waals surface area (Å²) in [6.45, 7) is 4.74. The Morgan fingerprint density at radius 3 is 2.62 bits per heavy atom. The number of carbonyl (C=O) groups excluding carboxylic acids is 1. The molecule has 0 unspecified atom stereocenters. The van der Waals surface area contributed by atoms with Gasteiger partial charge >= 0.3 is 0 Å². The first kappa shape index (κ1) is 17.8. The van der Waals surface area contributed by atoms with E-state index in [2.05, 4.69) is 17.5 Å². The lowest BCUT2D eigenvalue weighted by atomic mass is 10.2. The Labute approximate surface area is 142 Å². The number of hydrogen-bond acceptors (Lipinski definition) is 4. The van der Waals surface area contributed by atoms with E-state index in [0.29, 0.717) is 17.9 Å². The Morgan fingerprint density at radius 2 is 1.96 bits per heavy atom. The lowest BCUT2D eigenvalue weighted by Gasteiger charge is -2.06. The molecule has 2 aromatic rings. The van der Waals surface area contributed by atoms with Gasteiger partial charge in [-0.15, -0.1) is 0 Å². The number of rotatable bonds is 9. The van der Waals surface area contributed by atoms with Crippen LogP contribution >= 0.6 is 0 Å². The number of unbranched alkanes of at least 4 members (excludes halogenated alkanes) is 3. The highest BCUT2D eigenvalue weighted by Crippen LogP contribution is 2.13. The summed E-state index contributed by atoms with van der Waals surface area (Å²) >= 11 is 0. The number of benzene rings is 1. The maximum absolute atomic E-state index is 12.0. The van der Waals surface area contributed by atoms with Crippen molar-refractivity contribution in [2.24, 2.45) is 5.10 Å². The van der Waals surface area contributed by atoms with Crippen molar-refractivity contribution >= 4 is 12.1 Å². The maximum atomic E-state index is 12.0. The molecule has 0 saturated heterocycles. The lowest BCUT2D eigenvalue weighted by molar-refractivity contribution is 0.0955. The van der Waals surface area contributed by atoms with Gasteiger partial charge < -0.3 is 9.15 Å². The number of ether oxygens (including phenoxy) is 1. The second-order valence-electron chi connectivity index (χ2n) is 5.58. The normalized spacial score (nSPS) is 10.9. The Kier molecular flexibility index (Phi) is 7.08. The molecule has 0 spiro atoms. The number of nitrogens with one attached hydrogen (secondary N) is 1. The minimum absolute atomic E-state index is 0.274. The van der Waals surface area contributed by atoms with Gasteiger partial charge in [0.25, 0.3) is 5.91 Å². The minimum Gasteiger partial charge on any atom is -0.494 e. The zero-order chi connectivity index (χ0) is 17.2. The average molecular weight is 328 g/mol. The molecule has 1 aromatic carbocycles. The number of aryl methyl sites for hydroxylation is 1. The quantitative estimate of drug-likeness (QED) is 0.424. The fourth-order valence-electron chi connectivity index (χ4n) is 2.16. The molecule has 0 atom stereocenters. The Bertz CT molecular complexity index is 660. The third-order valence-corrected chi connectivity index (χ3v) is 3.50. The van der Waals surface area contributed by atoms with Crippen molar-refractivity contribution < 1.29 is 13.9 Å². The highest BCUT2D eigenvalue weighted by atomic mass is 16.5. The van der Waals surface area contributed by atoms with Crippen molar-refractivity contribution in [2.45, 2.75) is 39.5 Å². The molecule has 0 saturated carbocycles. The fourth-order valence-corrected chi connectivity index (χ4v) is 2.16. The van der Waals surface area contributed by atoms with Crippen molar-refractivity contribution in [3.8, 4) is 5.75 Å². The maximum Gasteiger partial charge on any atom is 0.271 e. The molecule has 0 aliphatic rings. The molecule has 0 fully saturated rings. The van der Waals surface area contributed by atoms with E-state index in [9.17, 15) is 4.79 Å². The smallest absolute Gasteiger partial charge is 0.271 e. The van der Waals surface area contributed by atoms with Crippen molar-refractivity contribution in [3.63, 3.8) is 0 Å². The molecule has 5 heteroatoms. The van der Waals surface area contributed by atoms with Crippen LogP contribution in [0.15, 0.2) is 45.9 Å². The zero-order valence-corrected chi connectivity index (χ0v) is 14.2. The van der Waals surface area contributed by atoms with Crippen LogP contribution in [0.25, 0.3) is 0 Å². The molecular weight excluding hydrogens is 304 g/mol. The van der Waals surface area contributed by atoms with Crippen LogP contribution in [-0.2, 0) is 0 Å². The van der Waals surface area contributed by atoms with Gasteiger partial charge in [-0.25, -0.2) is 5.43 Å². The second kappa shape index (κ2) is 9.55. The van der Waals surface area contributed by atoms with Crippen LogP contribution in [0.5, 0.6) is 5.75 Å². The SMILES string of the molecule is CCCCCCOc1ccc(C(=O)N/N=C/c2ccc(C)o2)cc1. The summed E-state index contributed by atoms with van der Waals surface area (Å²) in [4.78, 5) is 12.0. The molecule has 2 rings (SSSR count). The molecular formula is C19H24N2O3. The van der Waals surface area contributed by atoms with Gasteiger partial charge in [0.15, 0.2) is 0 Å². The molecule has 128 valence electrons. The van der Waals surface area contributed by atoms with Crippen LogP contribution in [-0.4, -0.2) is 18.7 Å². The van der Waals surface area contributed by atoms with Crippen molar-refractivity contribution in [1.82, 2.24) is 5.43 Å². The molecule has 0 aliphatic carbocycles. The first-order valence-corrected chi connectivity index (χ1v) is 8.31. The Balaban J connectivity index is 1.77. The number of furan rings is 1. The zero-order valence-electron chi connectivity index (χ0n) is 14.2. The highest BCUT2D eigenvalue weighted by Gasteiger charge is 2.04. The van der Waals surface area contributed by atoms with E-state index >= 15 is 0 Å². The van der Waals surface area contributed by atoms with Gasteiger partial charge in [0.1, 0.15) is 17.3 Å². The van der Waals surface area contributed by atoms with Gasteiger partial charge in [0.05, 0.1) is 12.8 Å². The molecule has 24 heavy (non-hydrogen) atoms. The molecule has 1 N–H and O–H groups in total. The Hall–Kier alpha value is -2.56. The van der Waals surface area contributed by atoms with Crippen LogP contribution < -0.4 is 10.2 Å². The van der Waals surface area contributed by atoms with E-state index in [1.807, 2.05) is 13.0 Å². The van der Waals surface area contributed by atoms with Crippen molar-refractivity contribution in [1.29, 1.82) is 0 Å². The average Bonchev–Trinajstić information content (AvgIpc) is 3.00. The third kappa shape index (κ3) is 5.91. The number of amides is 1. The monoisotopic (exact) mass is 328 g/mol. The van der Waals surface area contributed by atoms with E-state index in [1.165, 1.54) is 25.5 Å². The summed E-state index contributed by atoms with van der Waals surface area (Å²) in [5, 5.41) is 3.88. The van der Waals surface area contributed by atoms with Gasteiger partial charge in [-0.3, -0.25) is 4.79 Å². The molecule has 1 amide bonds. The van der Waals surface area contributed by atoms with Crippen LogP contribution in [0.3, 0.4) is 0 Å². The van der Waals surface area contributed by atoms with E-state index in [-0.39, 0.29) is 5.91 Å². The predicted molar refractivity (Wildman–Crippen MR) is 94.6 cm³/mol. The summed E-state index contributed by atoms with van der Waals surface area (Å²) in [5.41, 5.74) is 3.00. The summed E-state index contributed by atoms with van der Waals surface area (Å²) < 4.78 is 11.0. The van der Waals surface area contributed by atoms with E-state index in [4.69, 9.17) is 9.15 Å². The molecule has 1 heterocycles. The fraction of sp³-hybridized carbons (Fsp3) is 0.368. The molecule has 0 bridgehead atoms. The molecule has 1 aromatic heterocycles. The van der Waals surface area contributed by atoms with E-state index in [0.717, 1.165) is 17.9 Å². The first-order chi connectivity index (χ1) is 11.7. The van der Waals surface area contributed by atoms with Crippen LogP contribution in [0.2, 0.25) is 0 Å². The summed E-state index contributed by atoms with van der Waals surface area (Å²) in [6, 6.07) is 10.7. The second-order valence-corrected chi connectivity index (χ2v) is 5.58. The number of hydrazone groups is 1. The van der Waals surface area contributed by atoms with Crippen LogP contribution in [0, 0.1) is 6.92 Å². The molecule has 5 nitrogen and oxygen atoms in total. The standard InChI is InChI=1S/C19H24N2O3/c1-3-4-5-6-13-23-17-11-8-16(9-12-17)19(22)21-20-14-18-10-7-15(2)24-18/h7-12,14H,3-6,13H2,1-2H3,(H,21,22)/b20-14+. The summed E-state index contributed by atoms with van der Waals surface area (Å²) in [7, 11) is 0. The highest BCUT2D eigenvalue weighted by molar-refractivity contribution is 5.94. The van der Waals surface area contributed by atoms with Crippen molar-refractivity contribution in [3.05, 3.63) is 53.5 Å². The summed E-state index contributed by atoms with van der Waals surface area (Å²) in [5.74, 6) is 1.90.